The molecule has 0 aromatic heterocycles. The topological polar surface area (TPSA) is 94.5 Å². The summed E-state index contributed by atoms with van der Waals surface area (Å²) in [6.07, 6.45) is -0.197. The van der Waals surface area contributed by atoms with Gasteiger partial charge in [0.05, 0.1) is 69.9 Å². The fraction of sp³-hybridized carbons (Fsp3) is 1.00. The third-order valence-corrected chi connectivity index (χ3v) is 5.60. The smallest absolute Gasteiger partial charge is 0.152 e. The van der Waals surface area contributed by atoms with Crippen LogP contribution in [0.4, 0.5) is 0 Å². The number of hydrogen-bond donors (Lipinski definition) is 1. The maximum Gasteiger partial charge on any atom is 0.152 e. The van der Waals surface area contributed by atoms with Gasteiger partial charge in [-0.15, -0.1) is 0 Å². The van der Waals surface area contributed by atoms with E-state index in [9.17, 15) is 13.5 Å². The molecule has 1 N–H and O–H groups in total. The van der Waals surface area contributed by atoms with Crippen LogP contribution in [0.5, 0.6) is 0 Å². The normalized spacial score (nSPS) is 20.8. The SMILES string of the molecule is COCCOCCOCCOC(C)C(CO)N1CCS(=O)(=O)CC1. The number of hydrogen-bond acceptors (Lipinski definition) is 8. The monoisotopic (exact) mass is 369 g/mol. The van der Waals surface area contributed by atoms with Gasteiger partial charge in [-0.05, 0) is 6.92 Å². The highest BCUT2D eigenvalue weighted by Gasteiger charge is 2.30. The molecule has 0 bridgehead atoms. The van der Waals surface area contributed by atoms with E-state index < -0.39 is 9.84 Å². The van der Waals surface area contributed by atoms with Crippen LogP contribution in [0.1, 0.15) is 6.92 Å². The minimum Gasteiger partial charge on any atom is -0.395 e. The second-order valence-corrected chi connectivity index (χ2v) is 8.03. The van der Waals surface area contributed by atoms with Crippen molar-refractivity contribution in [3.63, 3.8) is 0 Å². The zero-order chi connectivity index (χ0) is 17.8. The van der Waals surface area contributed by atoms with Crippen molar-refractivity contribution in [2.45, 2.75) is 19.1 Å². The van der Waals surface area contributed by atoms with Gasteiger partial charge < -0.3 is 24.1 Å². The van der Waals surface area contributed by atoms with E-state index in [-0.39, 0.29) is 30.3 Å². The molecule has 0 radical (unpaired) electrons. The van der Waals surface area contributed by atoms with E-state index in [1.807, 2.05) is 11.8 Å². The minimum absolute atomic E-state index is 0.0601. The first-order valence-corrected chi connectivity index (χ1v) is 10.1. The molecule has 1 aliphatic heterocycles. The van der Waals surface area contributed by atoms with Crippen molar-refractivity contribution in [1.82, 2.24) is 4.90 Å². The van der Waals surface area contributed by atoms with E-state index in [1.165, 1.54) is 0 Å². The van der Waals surface area contributed by atoms with Gasteiger partial charge in [0.15, 0.2) is 9.84 Å². The first-order valence-electron chi connectivity index (χ1n) is 8.31. The van der Waals surface area contributed by atoms with Gasteiger partial charge >= 0.3 is 0 Å². The van der Waals surface area contributed by atoms with Gasteiger partial charge in [-0.1, -0.05) is 0 Å². The summed E-state index contributed by atoms with van der Waals surface area (Å²) in [5, 5.41) is 9.59. The molecule has 8 nitrogen and oxygen atoms in total. The van der Waals surface area contributed by atoms with Gasteiger partial charge in [0, 0.05) is 20.2 Å². The average molecular weight is 369 g/mol. The van der Waals surface area contributed by atoms with E-state index in [1.54, 1.807) is 7.11 Å². The molecule has 144 valence electrons. The lowest BCUT2D eigenvalue weighted by atomic mass is 10.1. The summed E-state index contributed by atoms with van der Waals surface area (Å²) < 4.78 is 44.2. The molecule has 24 heavy (non-hydrogen) atoms. The van der Waals surface area contributed by atoms with E-state index >= 15 is 0 Å². The van der Waals surface area contributed by atoms with Crippen LogP contribution in [-0.4, -0.2) is 109 Å². The van der Waals surface area contributed by atoms with Crippen molar-refractivity contribution < 1.29 is 32.5 Å². The second-order valence-electron chi connectivity index (χ2n) is 5.73. The second kappa shape index (κ2) is 12.1. The molecule has 0 aromatic carbocycles. The van der Waals surface area contributed by atoms with E-state index in [0.29, 0.717) is 52.7 Å². The summed E-state index contributed by atoms with van der Waals surface area (Å²) in [5.74, 6) is 0.283. The van der Waals surface area contributed by atoms with Gasteiger partial charge in [-0.3, -0.25) is 4.90 Å². The van der Waals surface area contributed by atoms with Gasteiger partial charge in [0.1, 0.15) is 0 Å². The molecule has 0 aromatic rings. The van der Waals surface area contributed by atoms with Gasteiger partial charge in [-0.25, -0.2) is 8.42 Å². The van der Waals surface area contributed by atoms with Crippen molar-refractivity contribution in [2.24, 2.45) is 0 Å². The number of nitrogens with zero attached hydrogens (tertiary/aromatic N) is 1. The van der Waals surface area contributed by atoms with Crippen LogP contribution < -0.4 is 0 Å². The first-order chi connectivity index (χ1) is 11.5. The van der Waals surface area contributed by atoms with Crippen molar-refractivity contribution in [2.75, 3.05) is 78.0 Å². The Hall–Kier alpha value is -0.290. The summed E-state index contributed by atoms with van der Waals surface area (Å²) in [7, 11) is -1.30. The molecule has 0 spiro atoms. The summed E-state index contributed by atoms with van der Waals surface area (Å²) in [6.45, 7) is 5.71. The molecule has 0 saturated carbocycles. The molecule has 0 aliphatic carbocycles. The van der Waals surface area contributed by atoms with E-state index in [0.717, 1.165) is 0 Å². The number of aliphatic hydroxyl groups is 1. The Morgan fingerprint density at radius 3 is 2.08 bits per heavy atom. The largest absolute Gasteiger partial charge is 0.395 e. The lowest BCUT2D eigenvalue weighted by Gasteiger charge is -2.36. The van der Waals surface area contributed by atoms with Crippen molar-refractivity contribution >= 4 is 9.84 Å². The Morgan fingerprint density at radius 2 is 1.54 bits per heavy atom. The molecular formula is C15H31NO7S. The summed E-state index contributed by atoms with van der Waals surface area (Å²) >= 11 is 0. The lowest BCUT2D eigenvalue weighted by molar-refractivity contribution is -0.0485. The van der Waals surface area contributed by atoms with Gasteiger partial charge in [0.25, 0.3) is 0 Å². The number of rotatable bonds is 13. The maximum atomic E-state index is 11.5. The molecule has 1 aliphatic rings. The fourth-order valence-corrected chi connectivity index (χ4v) is 3.72. The zero-order valence-electron chi connectivity index (χ0n) is 14.7. The van der Waals surface area contributed by atoms with Gasteiger partial charge in [-0.2, -0.15) is 0 Å². The van der Waals surface area contributed by atoms with Crippen molar-refractivity contribution in [3.05, 3.63) is 0 Å². The maximum absolute atomic E-state index is 11.5. The Labute approximate surface area is 144 Å². The predicted molar refractivity (Wildman–Crippen MR) is 90.0 cm³/mol. The molecule has 1 heterocycles. The van der Waals surface area contributed by atoms with Crippen LogP contribution in [0, 0.1) is 0 Å². The molecule has 1 fully saturated rings. The van der Waals surface area contributed by atoms with E-state index in [4.69, 9.17) is 18.9 Å². The first kappa shape index (κ1) is 21.8. The number of aliphatic hydroxyl groups excluding tert-OH is 1. The number of sulfone groups is 1. The summed E-state index contributed by atoms with van der Waals surface area (Å²) in [5.41, 5.74) is 0. The highest BCUT2D eigenvalue weighted by atomic mass is 32.2. The van der Waals surface area contributed by atoms with Crippen LogP contribution in [0.3, 0.4) is 0 Å². The third kappa shape index (κ3) is 8.70. The Balaban J connectivity index is 2.13. The molecule has 1 rings (SSSR count). The molecule has 2 unspecified atom stereocenters. The summed E-state index contributed by atoms with van der Waals surface area (Å²) in [4.78, 5) is 1.98. The Kier molecular flexibility index (Phi) is 11.0. The minimum atomic E-state index is -2.92. The molecular weight excluding hydrogens is 338 g/mol. The fourth-order valence-electron chi connectivity index (χ4n) is 2.49. The summed E-state index contributed by atoms with van der Waals surface area (Å²) in [6, 6.07) is -0.196. The highest BCUT2D eigenvalue weighted by molar-refractivity contribution is 7.91. The lowest BCUT2D eigenvalue weighted by Crippen LogP contribution is -2.52. The highest BCUT2D eigenvalue weighted by Crippen LogP contribution is 2.13. The van der Waals surface area contributed by atoms with Crippen LogP contribution >= 0.6 is 0 Å². The number of methoxy groups -OCH3 is 1. The Morgan fingerprint density at radius 1 is 1.00 bits per heavy atom. The standard InChI is InChI=1S/C15H31NO7S/c1-14(23-10-9-22-8-7-21-6-5-20-2)15(13-17)16-3-11-24(18,19)12-4-16/h14-15,17H,3-13H2,1-2H3. The van der Waals surface area contributed by atoms with Crippen LogP contribution in [0.15, 0.2) is 0 Å². The molecule has 2 atom stereocenters. The molecule has 9 heteroatoms. The van der Waals surface area contributed by atoms with Crippen molar-refractivity contribution in [3.8, 4) is 0 Å². The van der Waals surface area contributed by atoms with Crippen LogP contribution in [0.2, 0.25) is 0 Å². The van der Waals surface area contributed by atoms with Gasteiger partial charge in [0.2, 0.25) is 0 Å². The zero-order valence-corrected chi connectivity index (χ0v) is 15.5. The molecule has 0 amide bonds. The predicted octanol–water partition coefficient (Wildman–Crippen LogP) is -0.838. The average Bonchev–Trinajstić information content (AvgIpc) is 2.55. The van der Waals surface area contributed by atoms with Crippen LogP contribution in [-0.2, 0) is 28.8 Å². The third-order valence-electron chi connectivity index (χ3n) is 3.99. The van der Waals surface area contributed by atoms with Crippen LogP contribution in [0.25, 0.3) is 0 Å². The van der Waals surface area contributed by atoms with E-state index in [2.05, 4.69) is 0 Å². The quantitative estimate of drug-likeness (QED) is 0.420. The molecule has 1 saturated heterocycles. The number of ether oxygens (including phenoxy) is 4. The van der Waals surface area contributed by atoms with Crippen molar-refractivity contribution in [1.29, 1.82) is 0 Å². The Bertz CT molecular complexity index is 404.